The molecule has 10 aliphatic rings. The largest absolute Gasteiger partial charge is 0.358 e. The number of hydrogen-bond donors (Lipinski definition) is 0. The van der Waals surface area contributed by atoms with Gasteiger partial charge in [0.05, 0.1) is 191 Å². The lowest BCUT2D eigenvalue weighted by Crippen LogP contribution is -2.88. The van der Waals surface area contributed by atoms with Gasteiger partial charge in [0.25, 0.3) is 0 Å². The molecular formula is C125H270N20+10. The molecule has 10 saturated heterocycles. The molecule has 145 heavy (non-hydrogen) atoms. The lowest BCUT2D eigenvalue weighted by molar-refractivity contribution is -1.19. The fraction of sp³-hybridized carbons (Fsp3) is 1.00. The van der Waals surface area contributed by atoms with Gasteiger partial charge in [-0.3, -0.25) is 0 Å². The van der Waals surface area contributed by atoms with Gasteiger partial charge >= 0.3 is 29.6 Å². The monoisotopic (exact) mass is 2050 g/mol. The van der Waals surface area contributed by atoms with Crippen molar-refractivity contribution in [3.63, 3.8) is 0 Å². The third kappa shape index (κ3) is 18.3. The minimum Gasteiger partial charge on any atom is -0.241 e. The van der Waals surface area contributed by atoms with Gasteiger partial charge in [-0.2, -0.15) is 49.0 Å². The number of likely N-dealkylation sites (N-methyl/N-ethyl adjacent to an activating group) is 10. The molecule has 0 aromatic heterocycles. The Morgan fingerprint density at radius 3 is 0.821 bits per heavy atom. The Labute approximate surface area is 909 Å². The number of hydrogen-bond acceptors (Lipinski definition) is 10. The first kappa shape index (κ1) is 133. The van der Waals surface area contributed by atoms with Gasteiger partial charge in [-0.15, -0.1) is 0 Å². The number of quaternary nitrogens is 10. The van der Waals surface area contributed by atoms with Crippen LogP contribution in [0.1, 0.15) is 468 Å². The fourth-order valence-electron chi connectivity index (χ4n) is 40.0. The summed E-state index contributed by atoms with van der Waals surface area (Å²) in [6.07, 6.45) is 7.23. The van der Waals surface area contributed by atoms with Crippen LogP contribution in [0.15, 0.2) is 0 Å². The van der Waals surface area contributed by atoms with E-state index >= 15 is 0 Å². The van der Waals surface area contributed by atoms with Crippen LogP contribution in [0.5, 0.6) is 0 Å². The summed E-state index contributed by atoms with van der Waals surface area (Å²) in [6, 6.07) is 1.16. The summed E-state index contributed by atoms with van der Waals surface area (Å²) in [5.41, 5.74) is 2.38. The standard InChI is InChI=1S/C27H58N4.3C25H54N4.C23H50N4/c1-15-23(7,8)28-21-26(13,14)31(19-5,20-6)27(28)29(24(9,10)16-2)25(11,12)22-30(27,17-3)18-4;1-15-28(16-2)20-23(11,12)27(22(8,9)10)25(28)26(21(5,6)7)19-24(13,14)29(25,17-3)18-4;1-13-28(14-2)20-23(9,10)27(18-22(7)8)25(28)26(17-21(5)6)19-24(11,12)29(25,15-3)16-4;1-13-21(7)26-19-24(11,12)29(17-5,18-6)25(26)27(22(8)14-2)23(9,10)20-28(25,15-3)16-4;1-11-17-24-19-22(9,10)27(15-5,16-6)23(24)25(18-12-2)21(7,8)20-26(23,13-3)14-4/h15-22H2,1-14H3;15-20H2,1-14H3;2*21-22H,13-20H2,1-12H3;11-20H2,1-10H3/q5*+2. The second-order valence-electron chi connectivity index (χ2n) is 59.7. The molecule has 860 valence electrons. The van der Waals surface area contributed by atoms with Crippen LogP contribution in [0.2, 0.25) is 0 Å². The van der Waals surface area contributed by atoms with Crippen molar-refractivity contribution in [2.75, 3.05) is 223 Å². The van der Waals surface area contributed by atoms with Crippen LogP contribution < -0.4 is 0 Å². The summed E-state index contributed by atoms with van der Waals surface area (Å²) in [4.78, 5) is 29.9. The molecule has 7 atom stereocenters. The van der Waals surface area contributed by atoms with E-state index in [9.17, 15) is 0 Å². The van der Waals surface area contributed by atoms with Crippen molar-refractivity contribution in [2.45, 2.75) is 587 Å². The van der Waals surface area contributed by atoms with Crippen LogP contribution in [0, 0.1) is 11.8 Å². The molecule has 0 amide bonds. The first-order chi connectivity index (χ1) is 66.1. The second kappa shape index (κ2) is 44.5. The Kier molecular flexibility index (Phi) is 40.7. The van der Waals surface area contributed by atoms with E-state index < -0.39 is 0 Å². The SMILES string of the molecule is CCC(C)(C)N1CC(C)(C)[N+](CC)(CC)C12N(C(C)(C)CC)C(C)(C)C[N+]2(CC)CC.CCC(C)N1CC(C)(C)[N+](CC)(CC)C12N(C(C)CC)C(C)(C)C[N+]2(CC)CC.CCCN1CC(C)(C)[N+](CC)(CC)C12N(CCC)C(C)(C)C[N+]2(CC)CC.CC[N+]1(CC)CC(C)(C)N(C(C)(C)C)C12N(C(C)(C)C)CC(C)(C)[N+]2(CC)CC.CC[N+]1(CC)CC(C)(C)N(CC(C)C)C12N(CC(C)C)CC(C)(C)[N+]2(CC)CC. The Morgan fingerprint density at radius 2 is 0.510 bits per heavy atom. The van der Waals surface area contributed by atoms with Gasteiger partial charge in [-0.1, -0.05) is 69.2 Å². The summed E-state index contributed by atoms with van der Waals surface area (Å²) in [5, 5.41) is 0. The smallest absolute Gasteiger partial charge is 0.241 e. The fourth-order valence-corrected chi connectivity index (χ4v) is 40.0. The average Bonchev–Trinajstić information content (AvgIpc) is 1.46. The highest BCUT2D eigenvalue weighted by Gasteiger charge is 2.92. The molecule has 0 bridgehead atoms. The molecule has 0 aromatic carbocycles. The highest BCUT2D eigenvalue weighted by Crippen LogP contribution is 2.68. The Balaban J connectivity index is 0.000000277. The molecule has 0 saturated carbocycles. The summed E-state index contributed by atoms with van der Waals surface area (Å²) >= 11 is 0. The summed E-state index contributed by atoms with van der Waals surface area (Å²) in [5.74, 6) is 1.29. The van der Waals surface area contributed by atoms with E-state index in [1.807, 2.05) is 0 Å². The van der Waals surface area contributed by atoms with Crippen LogP contribution in [0.3, 0.4) is 0 Å². The van der Waals surface area contributed by atoms with E-state index in [2.05, 4.69) is 478 Å². The first-order valence-electron chi connectivity index (χ1n) is 62.6. The van der Waals surface area contributed by atoms with Crippen molar-refractivity contribution in [1.29, 1.82) is 0 Å². The van der Waals surface area contributed by atoms with Gasteiger partial charge in [-0.25, -0.2) is 44.8 Å². The molecule has 10 rings (SSSR count). The Morgan fingerprint density at radius 1 is 0.241 bits per heavy atom. The van der Waals surface area contributed by atoms with E-state index in [1.54, 1.807) is 0 Å². The molecule has 10 heterocycles. The minimum absolute atomic E-state index is 0.00481. The van der Waals surface area contributed by atoms with Crippen LogP contribution in [-0.2, 0) is 0 Å². The maximum Gasteiger partial charge on any atom is 0.358 e. The van der Waals surface area contributed by atoms with Gasteiger partial charge in [0.2, 0.25) is 0 Å². The average molecular weight is 2050 g/mol. The van der Waals surface area contributed by atoms with Crippen LogP contribution in [-0.4, -0.2) is 436 Å². The molecule has 20 heteroatoms. The molecule has 0 aliphatic carbocycles. The molecule has 10 aliphatic heterocycles. The van der Waals surface area contributed by atoms with E-state index in [-0.39, 0.29) is 107 Å². The Bertz CT molecular complexity index is 4050. The van der Waals surface area contributed by atoms with E-state index in [0.717, 1.165) is 31.0 Å². The zero-order valence-corrected chi connectivity index (χ0v) is 111. The second-order valence-corrected chi connectivity index (χ2v) is 59.7. The molecule has 0 aromatic rings. The molecular weight excluding hydrogens is 1780 g/mol. The molecule has 20 nitrogen and oxygen atoms in total. The maximum atomic E-state index is 3.05. The number of nitrogens with zero attached hydrogens (tertiary/aromatic N) is 20. The van der Waals surface area contributed by atoms with Crippen molar-refractivity contribution >= 4 is 0 Å². The molecule has 7 unspecified atom stereocenters. The lowest BCUT2D eigenvalue weighted by Gasteiger charge is -2.64. The first-order valence-corrected chi connectivity index (χ1v) is 62.6. The summed E-state index contributed by atoms with van der Waals surface area (Å²) in [7, 11) is 0. The van der Waals surface area contributed by atoms with E-state index in [1.165, 1.54) is 275 Å². The van der Waals surface area contributed by atoms with Gasteiger partial charge in [0.15, 0.2) is 0 Å². The van der Waals surface area contributed by atoms with E-state index in [0.29, 0.717) is 23.9 Å². The van der Waals surface area contributed by atoms with Crippen LogP contribution >= 0.6 is 0 Å². The lowest BCUT2D eigenvalue weighted by atomic mass is 9.90. The molecule has 5 spiro atoms. The molecule has 0 radical (unpaired) electrons. The van der Waals surface area contributed by atoms with Crippen LogP contribution in [0.4, 0.5) is 0 Å². The third-order valence-electron chi connectivity index (χ3n) is 45.3. The predicted molar refractivity (Wildman–Crippen MR) is 632 cm³/mol. The number of rotatable bonds is 36. The topological polar surface area (TPSA) is 32.4 Å². The van der Waals surface area contributed by atoms with Crippen molar-refractivity contribution in [3.8, 4) is 0 Å². The minimum atomic E-state index is -0.0729. The highest BCUT2D eigenvalue weighted by atomic mass is 15.9. The van der Waals surface area contributed by atoms with Crippen molar-refractivity contribution in [3.05, 3.63) is 0 Å². The Hall–Kier alpha value is -0.800. The third-order valence-corrected chi connectivity index (χ3v) is 45.3. The maximum absolute atomic E-state index is 3.05. The predicted octanol–water partition coefficient (Wildman–Crippen LogP) is 25.2. The van der Waals surface area contributed by atoms with Crippen LogP contribution in [0.25, 0.3) is 0 Å². The van der Waals surface area contributed by atoms with Gasteiger partial charge in [0.1, 0.15) is 60.4 Å². The summed E-state index contributed by atoms with van der Waals surface area (Å²) in [6.45, 7) is 194. The van der Waals surface area contributed by atoms with Gasteiger partial charge in [0, 0.05) is 60.4 Å². The quantitative estimate of drug-likeness (QED) is 0.0566. The van der Waals surface area contributed by atoms with Gasteiger partial charge in [-0.05, 0) is 410 Å². The normalized spacial score (nSPS) is 31.4. The van der Waals surface area contributed by atoms with Crippen molar-refractivity contribution < 1.29 is 44.8 Å². The highest BCUT2D eigenvalue weighted by molar-refractivity contribution is 5.14. The zero-order valence-electron chi connectivity index (χ0n) is 111. The summed E-state index contributed by atoms with van der Waals surface area (Å²) < 4.78 is 11.8. The molecule has 10 fully saturated rings. The van der Waals surface area contributed by atoms with Crippen molar-refractivity contribution in [2.24, 2.45) is 11.8 Å². The zero-order chi connectivity index (χ0) is 113. The van der Waals surface area contributed by atoms with Crippen molar-refractivity contribution in [1.82, 2.24) is 49.0 Å². The molecule has 0 N–H and O–H groups in total. The van der Waals surface area contributed by atoms with E-state index in [4.69, 9.17) is 0 Å². The van der Waals surface area contributed by atoms with Gasteiger partial charge < -0.3 is 0 Å².